The van der Waals surface area contributed by atoms with E-state index in [9.17, 15) is 9.90 Å². The monoisotopic (exact) mass is 279 g/mol. The zero-order valence-corrected chi connectivity index (χ0v) is 11.1. The molecule has 0 fully saturated rings. The standard InChI is InChI=1S/C17H13NO3/c19-17(20)16(12-6-2-1-3-7-12)21-14-10-13-8-4-5-9-15(13)18-11-14/h1-11,16H,(H,19,20). The Morgan fingerprint density at radius 1 is 1.05 bits per heavy atom. The van der Waals surface area contributed by atoms with Crippen molar-refractivity contribution in [1.29, 1.82) is 0 Å². The van der Waals surface area contributed by atoms with Gasteiger partial charge in [-0.15, -0.1) is 0 Å². The summed E-state index contributed by atoms with van der Waals surface area (Å²) in [7, 11) is 0. The van der Waals surface area contributed by atoms with Crippen LogP contribution < -0.4 is 4.74 Å². The second-order valence-corrected chi connectivity index (χ2v) is 4.61. The first-order valence-electron chi connectivity index (χ1n) is 6.53. The van der Waals surface area contributed by atoms with E-state index in [1.165, 1.54) is 0 Å². The number of carboxylic acids is 1. The number of aromatic nitrogens is 1. The SMILES string of the molecule is O=C(O)C(Oc1cnc2ccccc2c1)c1ccccc1. The van der Waals surface area contributed by atoms with Gasteiger partial charge in [0.2, 0.25) is 6.10 Å². The molecule has 0 radical (unpaired) electrons. The van der Waals surface area contributed by atoms with E-state index in [1.807, 2.05) is 30.3 Å². The fourth-order valence-corrected chi connectivity index (χ4v) is 2.14. The van der Waals surface area contributed by atoms with Crippen molar-refractivity contribution in [3.8, 4) is 5.75 Å². The number of hydrogen-bond acceptors (Lipinski definition) is 3. The van der Waals surface area contributed by atoms with Crippen LogP contribution in [0.15, 0.2) is 66.9 Å². The first-order chi connectivity index (χ1) is 10.2. The van der Waals surface area contributed by atoms with Crippen molar-refractivity contribution in [1.82, 2.24) is 4.98 Å². The molecule has 0 aliphatic heterocycles. The minimum Gasteiger partial charge on any atom is -0.478 e. The van der Waals surface area contributed by atoms with Gasteiger partial charge in [0.1, 0.15) is 5.75 Å². The Labute approximate surface area is 121 Å². The van der Waals surface area contributed by atoms with E-state index < -0.39 is 12.1 Å². The molecule has 0 aliphatic carbocycles. The molecule has 0 aliphatic rings. The predicted molar refractivity (Wildman–Crippen MR) is 79.2 cm³/mol. The van der Waals surface area contributed by atoms with Crippen LogP contribution in [0.2, 0.25) is 0 Å². The predicted octanol–water partition coefficient (Wildman–Crippen LogP) is 3.44. The molecule has 3 rings (SSSR count). The quantitative estimate of drug-likeness (QED) is 0.794. The molecule has 104 valence electrons. The van der Waals surface area contributed by atoms with Gasteiger partial charge in [-0.25, -0.2) is 4.79 Å². The Balaban J connectivity index is 1.93. The maximum Gasteiger partial charge on any atom is 0.349 e. The lowest BCUT2D eigenvalue weighted by Crippen LogP contribution is -2.18. The molecule has 0 saturated carbocycles. The molecule has 2 aromatic carbocycles. The zero-order chi connectivity index (χ0) is 14.7. The molecule has 3 aromatic rings. The number of carboxylic acid groups (broad SMARTS) is 1. The van der Waals surface area contributed by atoms with E-state index in [1.54, 1.807) is 36.5 Å². The molecular formula is C17H13NO3. The van der Waals surface area contributed by atoms with Crippen molar-refractivity contribution in [2.75, 3.05) is 0 Å². The highest BCUT2D eigenvalue weighted by molar-refractivity contribution is 5.80. The van der Waals surface area contributed by atoms with Crippen molar-refractivity contribution in [2.45, 2.75) is 6.10 Å². The van der Waals surface area contributed by atoms with Crippen molar-refractivity contribution in [3.05, 3.63) is 72.4 Å². The average Bonchev–Trinajstić information content (AvgIpc) is 2.53. The van der Waals surface area contributed by atoms with Crippen molar-refractivity contribution in [2.24, 2.45) is 0 Å². The fraction of sp³-hybridized carbons (Fsp3) is 0.0588. The van der Waals surface area contributed by atoms with Gasteiger partial charge in [-0.05, 0) is 12.1 Å². The van der Waals surface area contributed by atoms with E-state index in [0.717, 1.165) is 10.9 Å². The van der Waals surface area contributed by atoms with Crippen molar-refractivity contribution >= 4 is 16.9 Å². The van der Waals surface area contributed by atoms with Gasteiger partial charge >= 0.3 is 5.97 Å². The Kier molecular flexibility index (Phi) is 3.51. The third-order valence-corrected chi connectivity index (χ3v) is 3.15. The van der Waals surface area contributed by atoms with E-state index in [0.29, 0.717) is 11.3 Å². The Morgan fingerprint density at radius 2 is 1.76 bits per heavy atom. The number of ether oxygens (including phenoxy) is 1. The van der Waals surface area contributed by atoms with Crippen LogP contribution in [0.4, 0.5) is 0 Å². The maximum absolute atomic E-state index is 11.4. The molecule has 1 unspecified atom stereocenters. The number of rotatable bonds is 4. The topological polar surface area (TPSA) is 59.4 Å². The van der Waals surface area contributed by atoms with Gasteiger partial charge in [0.15, 0.2) is 0 Å². The number of hydrogen-bond donors (Lipinski definition) is 1. The zero-order valence-electron chi connectivity index (χ0n) is 11.1. The summed E-state index contributed by atoms with van der Waals surface area (Å²) in [6.45, 7) is 0. The van der Waals surface area contributed by atoms with Gasteiger partial charge in [0.05, 0.1) is 11.7 Å². The number of aliphatic carboxylic acids is 1. The molecule has 1 N–H and O–H groups in total. The normalized spacial score (nSPS) is 12.0. The van der Waals surface area contributed by atoms with Gasteiger partial charge < -0.3 is 9.84 Å². The lowest BCUT2D eigenvalue weighted by atomic mass is 10.1. The Hall–Kier alpha value is -2.88. The summed E-state index contributed by atoms with van der Waals surface area (Å²) in [5.74, 6) is -0.598. The first-order valence-corrected chi connectivity index (χ1v) is 6.53. The third kappa shape index (κ3) is 2.84. The molecule has 0 saturated heterocycles. The lowest BCUT2D eigenvalue weighted by molar-refractivity contribution is -0.145. The Morgan fingerprint density at radius 3 is 2.52 bits per heavy atom. The minimum atomic E-state index is -1.05. The highest BCUT2D eigenvalue weighted by Gasteiger charge is 2.21. The van der Waals surface area contributed by atoms with Crippen LogP contribution in [0.5, 0.6) is 5.75 Å². The number of para-hydroxylation sites is 1. The highest BCUT2D eigenvalue weighted by Crippen LogP contribution is 2.24. The van der Waals surface area contributed by atoms with Crippen molar-refractivity contribution < 1.29 is 14.6 Å². The summed E-state index contributed by atoms with van der Waals surface area (Å²) in [6.07, 6.45) is 0.496. The smallest absolute Gasteiger partial charge is 0.349 e. The summed E-state index contributed by atoms with van der Waals surface area (Å²) < 4.78 is 5.61. The van der Waals surface area contributed by atoms with Crippen LogP contribution in [-0.2, 0) is 4.79 Å². The van der Waals surface area contributed by atoms with Gasteiger partial charge in [-0.3, -0.25) is 4.98 Å². The number of benzene rings is 2. The number of carbonyl (C=O) groups is 1. The van der Waals surface area contributed by atoms with E-state index >= 15 is 0 Å². The van der Waals surface area contributed by atoms with Crippen LogP contribution in [-0.4, -0.2) is 16.1 Å². The van der Waals surface area contributed by atoms with Crippen LogP contribution in [0.3, 0.4) is 0 Å². The summed E-state index contributed by atoms with van der Waals surface area (Å²) in [5, 5.41) is 10.3. The second kappa shape index (κ2) is 5.63. The molecule has 0 bridgehead atoms. The summed E-state index contributed by atoms with van der Waals surface area (Å²) in [6, 6.07) is 18.3. The summed E-state index contributed by atoms with van der Waals surface area (Å²) in [5.41, 5.74) is 1.44. The fourth-order valence-electron chi connectivity index (χ4n) is 2.14. The molecule has 1 atom stereocenters. The van der Waals surface area contributed by atoms with Gasteiger partial charge in [0, 0.05) is 10.9 Å². The molecule has 1 heterocycles. The van der Waals surface area contributed by atoms with Crippen molar-refractivity contribution in [3.63, 3.8) is 0 Å². The molecular weight excluding hydrogens is 266 g/mol. The molecule has 21 heavy (non-hydrogen) atoms. The summed E-state index contributed by atoms with van der Waals surface area (Å²) >= 11 is 0. The second-order valence-electron chi connectivity index (χ2n) is 4.61. The van der Waals surface area contributed by atoms with Gasteiger partial charge in [-0.2, -0.15) is 0 Å². The van der Waals surface area contributed by atoms with Gasteiger partial charge in [-0.1, -0.05) is 48.5 Å². The summed E-state index contributed by atoms with van der Waals surface area (Å²) in [4.78, 5) is 15.7. The molecule has 0 amide bonds. The Bertz CT molecular complexity index is 771. The number of nitrogens with zero attached hydrogens (tertiary/aromatic N) is 1. The molecule has 1 aromatic heterocycles. The average molecular weight is 279 g/mol. The highest BCUT2D eigenvalue weighted by atomic mass is 16.5. The maximum atomic E-state index is 11.4. The third-order valence-electron chi connectivity index (χ3n) is 3.15. The van der Waals surface area contributed by atoms with E-state index in [4.69, 9.17) is 4.74 Å². The molecule has 4 nitrogen and oxygen atoms in total. The number of pyridine rings is 1. The van der Waals surface area contributed by atoms with E-state index in [-0.39, 0.29) is 0 Å². The van der Waals surface area contributed by atoms with Gasteiger partial charge in [0.25, 0.3) is 0 Å². The molecule has 4 heteroatoms. The van der Waals surface area contributed by atoms with Crippen LogP contribution in [0.1, 0.15) is 11.7 Å². The van der Waals surface area contributed by atoms with Crippen LogP contribution >= 0.6 is 0 Å². The van der Waals surface area contributed by atoms with Crippen LogP contribution in [0, 0.1) is 0 Å². The van der Waals surface area contributed by atoms with Crippen LogP contribution in [0.25, 0.3) is 10.9 Å². The minimum absolute atomic E-state index is 0.435. The first kappa shape index (κ1) is 13.1. The lowest BCUT2D eigenvalue weighted by Gasteiger charge is -2.15. The molecule has 0 spiro atoms. The largest absolute Gasteiger partial charge is 0.478 e. The number of fused-ring (bicyclic) bond motifs is 1. The van der Waals surface area contributed by atoms with E-state index in [2.05, 4.69) is 4.98 Å².